The van der Waals surface area contributed by atoms with Gasteiger partial charge in [0.2, 0.25) is 0 Å². The third-order valence-electron chi connectivity index (χ3n) is 5.93. The Morgan fingerprint density at radius 2 is 2.06 bits per heavy atom. The summed E-state index contributed by atoms with van der Waals surface area (Å²) in [5, 5.41) is 20.8. The van der Waals surface area contributed by atoms with Crippen molar-refractivity contribution in [3.8, 4) is 0 Å². The molecular formula is C20H25F3N4O4. The van der Waals surface area contributed by atoms with E-state index in [9.17, 15) is 28.1 Å². The van der Waals surface area contributed by atoms with E-state index in [1.807, 2.05) is 4.90 Å². The van der Waals surface area contributed by atoms with Crippen LogP contribution in [0.15, 0.2) is 18.2 Å². The molecule has 0 bridgehead atoms. The summed E-state index contributed by atoms with van der Waals surface area (Å²) in [7, 11) is 3.14. The summed E-state index contributed by atoms with van der Waals surface area (Å²) in [6.07, 6.45) is -2.25. The molecule has 1 aromatic carbocycles. The van der Waals surface area contributed by atoms with E-state index in [0.29, 0.717) is 25.0 Å². The maximum atomic E-state index is 14.3. The first-order valence-electron chi connectivity index (χ1n) is 9.98. The van der Waals surface area contributed by atoms with Crippen LogP contribution >= 0.6 is 0 Å². The van der Waals surface area contributed by atoms with E-state index in [1.54, 1.807) is 13.1 Å². The van der Waals surface area contributed by atoms with Gasteiger partial charge in [-0.1, -0.05) is 6.08 Å². The Bertz CT molecular complexity index is 903. The highest BCUT2D eigenvalue weighted by molar-refractivity contribution is 5.81. The lowest BCUT2D eigenvalue weighted by atomic mass is 9.94. The highest BCUT2D eigenvalue weighted by Crippen LogP contribution is 2.47. The van der Waals surface area contributed by atoms with Gasteiger partial charge in [0.25, 0.3) is 5.69 Å². The molecule has 8 nitrogen and oxygen atoms in total. The lowest BCUT2D eigenvalue weighted by molar-refractivity contribution is -0.384. The van der Waals surface area contributed by atoms with Crippen LogP contribution in [0.4, 0.5) is 29.3 Å². The van der Waals surface area contributed by atoms with E-state index >= 15 is 0 Å². The second-order valence-corrected chi connectivity index (χ2v) is 7.98. The van der Waals surface area contributed by atoms with Crippen molar-refractivity contribution in [3.05, 3.63) is 39.4 Å². The number of nitrogens with zero attached hydrogens (tertiary/aromatic N) is 4. The van der Waals surface area contributed by atoms with Gasteiger partial charge in [-0.2, -0.15) is 13.2 Å². The van der Waals surface area contributed by atoms with E-state index in [2.05, 4.69) is 0 Å². The zero-order chi connectivity index (χ0) is 22.9. The van der Waals surface area contributed by atoms with Crippen molar-refractivity contribution in [1.82, 2.24) is 9.80 Å². The monoisotopic (exact) mass is 442 g/mol. The smallest absolute Gasteiger partial charge is 0.419 e. The second kappa shape index (κ2) is 8.74. The Morgan fingerprint density at radius 1 is 1.35 bits per heavy atom. The minimum absolute atomic E-state index is 0.0104. The molecule has 1 heterocycles. The molecule has 1 aliphatic carbocycles. The van der Waals surface area contributed by atoms with Crippen molar-refractivity contribution in [1.29, 1.82) is 0 Å². The van der Waals surface area contributed by atoms with Crippen molar-refractivity contribution >= 4 is 23.0 Å². The molecule has 1 fully saturated rings. The first kappa shape index (κ1) is 22.9. The van der Waals surface area contributed by atoms with Crippen LogP contribution < -0.4 is 4.90 Å². The highest BCUT2D eigenvalue weighted by Gasteiger charge is 2.43. The highest BCUT2D eigenvalue weighted by atomic mass is 19.4. The number of likely N-dealkylation sites (N-methyl/N-ethyl adjacent to an activating group) is 2. The number of halogens is 3. The van der Waals surface area contributed by atoms with Gasteiger partial charge in [-0.15, -0.1) is 0 Å². The predicted molar refractivity (Wildman–Crippen MR) is 109 cm³/mol. The lowest BCUT2D eigenvalue weighted by Crippen LogP contribution is -2.56. The fourth-order valence-corrected chi connectivity index (χ4v) is 4.26. The molecule has 0 spiro atoms. The average molecular weight is 442 g/mol. The Hall–Kier alpha value is -2.82. The van der Waals surface area contributed by atoms with Gasteiger partial charge >= 0.3 is 12.3 Å². The molecule has 2 aliphatic rings. The minimum atomic E-state index is -4.78. The fraction of sp³-hybridized carbons (Fsp3) is 0.550. The third-order valence-corrected chi connectivity index (χ3v) is 5.93. The molecule has 11 heteroatoms. The van der Waals surface area contributed by atoms with Crippen LogP contribution in [0.1, 0.15) is 30.4 Å². The van der Waals surface area contributed by atoms with E-state index < -0.39 is 40.2 Å². The SMILES string of the molecule is CN(C[C@H]1CN(c2c([N+](=O)[O-])ccc(C3=CCCC3)c2C(F)(F)F)CCN1C)C(=O)O. The zero-order valence-corrected chi connectivity index (χ0v) is 17.4. The Kier molecular flexibility index (Phi) is 6.44. The molecule has 1 N–H and O–H groups in total. The van der Waals surface area contributed by atoms with E-state index in [4.69, 9.17) is 5.11 Å². The van der Waals surface area contributed by atoms with Crippen molar-refractivity contribution in [2.75, 3.05) is 45.2 Å². The van der Waals surface area contributed by atoms with Crippen LogP contribution in [-0.4, -0.2) is 72.2 Å². The normalized spacial score (nSPS) is 20.0. The van der Waals surface area contributed by atoms with Gasteiger partial charge in [0, 0.05) is 45.3 Å². The number of allylic oxidation sites excluding steroid dienone is 2. The van der Waals surface area contributed by atoms with E-state index in [1.165, 1.54) is 18.0 Å². The summed E-state index contributed by atoms with van der Waals surface area (Å²) in [6, 6.07) is 1.94. The van der Waals surface area contributed by atoms with Crippen LogP contribution in [-0.2, 0) is 6.18 Å². The summed E-state index contributed by atoms with van der Waals surface area (Å²) in [5.74, 6) is 0. The van der Waals surface area contributed by atoms with E-state index in [0.717, 1.165) is 17.4 Å². The van der Waals surface area contributed by atoms with Gasteiger partial charge in [0.1, 0.15) is 5.69 Å². The average Bonchev–Trinajstić information content (AvgIpc) is 3.22. The standard InChI is InChI=1S/C20H25F3N4O4/c1-24-9-10-26(12-14(24)11-25(2)19(28)29)18-16(27(30)31)8-7-15(13-5-3-4-6-13)17(18)20(21,22)23/h5,7-8,14H,3-4,6,9-12H2,1-2H3,(H,28,29)/t14-/m0/s1. The molecule has 1 saturated heterocycles. The summed E-state index contributed by atoms with van der Waals surface area (Å²) in [5.41, 5.74) is -1.46. The van der Waals surface area contributed by atoms with E-state index in [-0.39, 0.29) is 25.2 Å². The topological polar surface area (TPSA) is 90.2 Å². The summed E-state index contributed by atoms with van der Waals surface area (Å²) in [4.78, 5) is 26.4. The number of hydrogen-bond donors (Lipinski definition) is 1. The summed E-state index contributed by atoms with van der Waals surface area (Å²) < 4.78 is 42.8. The number of amides is 1. The Balaban J connectivity index is 2.10. The Morgan fingerprint density at radius 3 is 2.61 bits per heavy atom. The van der Waals surface area contributed by atoms with Gasteiger partial charge in [-0.3, -0.25) is 15.0 Å². The molecule has 170 valence electrons. The molecule has 31 heavy (non-hydrogen) atoms. The number of piperazine rings is 1. The summed E-state index contributed by atoms with van der Waals surface area (Å²) >= 11 is 0. The molecule has 0 unspecified atom stereocenters. The number of carbonyl (C=O) groups is 1. The van der Waals surface area contributed by atoms with Crippen LogP contribution in [0.5, 0.6) is 0 Å². The van der Waals surface area contributed by atoms with Crippen molar-refractivity contribution in [2.24, 2.45) is 0 Å². The first-order valence-corrected chi connectivity index (χ1v) is 9.98. The predicted octanol–water partition coefficient (Wildman–Crippen LogP) is 3.91. The number of hydrogen-bond acceptors (Lipinski definition) is 5. The molecule has 1 amide bonds. The number of rotatable bonds is 5. The largest absolute Gasteiger partial charge is 0.465 e. The Labute approximate surface area is 177 Å². The molecule has 1 atom stereocenters. The molecular weight excluding hydrogens is 417 g/mol. The maximum Gasteiger partial charge on any atom is 0.419 e. The van der Waals surface area contributed by atoms with Crippen molar-refractivity contribution < 1.29 is 28.0 Å². The minimum Gasteiger partial charge on any atom is -0.465 e. The van der Waals surface area contributed by atoms with Gasteiger partial charge in [0.05, 0.1) is 10.5 Å². The molecule has 0 aromatic heterocycles. The number of anilines is 1. The summed E-state index contributed by atoms with van der Waals surface area (Å²) in [6.45, 7) is 0.624. The molecule has 3 rings (SSSR count). The molecule has 1 aliphatic heterocycles. The van der Waals surface area contributed by atoms with Crippen molar-refractivity contribution in [2.45, 2.75) is 31.5 Å². The lowest BCUT2D eigenvalue weighted by Gasteiger charge is -2.42. The van der Waals surface area contributed by atoms with Gasteiger partial charge in [-0.05, 0) is 43.5 Å². The fourth-order valence-electron chi connectivity index (χ4n) is 4.26. The molecule has 1 aromatic rings. The molecule has 0 saturated carbocycles. The number of alkyl halides is 3. The van der Waals surface area contributed by atoms with Crippen LogP contribution in [0.2, 0.25) is 0 Å². The third kappa shape index (κ3) is 4.76. The number of nitro benzene ring substituents is 1. The van der Waals surface area contributed by atoms with Gasteiger partial charge < -0.3 is 14.9 Å². The quantitative estimate of drug-likeness (QED) is 0.549. The van der Waals surface area contributed by atoms with Gasteiger partial charge in [0.15, 0.2) is 0 Å². The van der Waals surface area contributed by atoms with Crippen LogP contribution in [0.25, 0.3) is 5.57 Å². The van der Waals surface area contributed by atoms with Crippen molar-refractivity contribution in [3.63, 3.8) is 0 Å². The van der Waals surface area contributed by atoms with Crippen LogP contribution in [0.3, 0.4) is 0 Å². The number of carboxylic acid groups (broad SMARTS) is 1. The van der Waals surface area contributed by atoms with Gasteiger partial charge in [-0.25, -0.2) is 4.79 Å². The number of nitro groups is 1. The zero-order valence-electron chi connectivity index (χ0n) is 17.4. The first-order chi connectivity index (χ1) is 14.5. The second-order valence-electron chi connectivity index (χ2n) is 7.98. The maximum absolute atomic E-state index is 14.3. The van der Waals surface area contributed by atoms with Crippen LogP contribution in [0, 0.1) is 10.1 Å². The number of benzene rings is 1. The molecule has 0 radical (unpaired) electrons.